The van der Waals surface area contributed by atoms with Gasteiger partial charge in [-0.15, -0.1) is 10.2 Å². The molecule has 2 aliphatic rings. The largest absolute Gasteiger partial charge is 0.376 e. The highest BCUT2D eigenvalue weighted by Gasteiger charge is 2.27. The molecule has 4 rings (SSSR count). The molecule has 2 saturated heterocycles. The maximum Gasteiger partial charge on any atom is 0.239 e. The summed E-state index contributed by atoms with van der Waals surface area (Å²) in [6.45, 7) is 1.90. The summed E-state index contributed by atoms with van der Waals surface area (Å²) in [7, 11) is 0. The number of aromatic nitrogens is 3. The number of ether oxygens (including phenoxy) is 1. The highest BCUT2D eigenvalue weighted by molar-refractivity contribution is 7.99. The second-order valence-corrected chi connectivity index (χ2v) is 8.27. The number of carbonyl (C=O) groups excluding carboxylic acids is 2. The van der Waals surface area contributed by atoms with Crippen molar-refractivity contribution >= 4 is 35.2 Å². The minimum Gasteiger partial charge on any atom is -0.376 e. The van der Waals surface area contributed by atoms with E-state index in [0.29, 0.717) is 29.7 Å². The Balaban J connectivity index is 1.54. The van der Waals surface area contributed by atoms with E-state index in [1.807, 2.05) is 28.8 Å². The van der Waals surface area contributed by atoms with Gasteiger partial charge in [-0.05, 0) is 43.5 Å². The van der Waals surface area contributed by atoms with Crippen molar-refractivity contribution in [2.24, 2.45) is 0 Å². The first-order valence-electron chi connectivity index (χ1n) is 9.38. The third-order valence-electron chi connectivity index (χ3n) is 4.93. The summed E-state index contributed by atoms with van der Waals surface area (Å²) in [6.07, 6.45) is 3.33. The number of rotatable bonds is 6. The summed E-state index contributed by atoms with van der Waals surface area (Å²) in [4.78, 5) is 25.5. The summed E-state index contributed by atoms with van der Waals surface area (Å²) in [5, 5.41) is 9.97. The Bertz CT molecular complexity index is 865. The first-order chi connectivity index (χ1) is 13.6. The standard InChI is InChI=1S/C19H21ClN4O3S/c20-14-7-5-13(6-8-14)18-21-22-19(24(18)11-15-3-2-10-27-15)28-12-17(26)23-9-1-4-16(23)25/h5-8,15H,1-4,9-12H2/t15-/m1/s1. The molecule has 2 fully saturated rings. The second-order valence-electron chi connectivity index (χ2n) is 6.89. The predicted molar refractivity (Wildman–Crippen MR) is 106 cm³/mol. The number of benzene rings is 1. The van der Waals surface area contributed by atoms with Crippen molar-refractivity contribution in [1.82, 2.24) is 19.7 Å². The molecular weight excluding hydrogens is 400 g/mol. The van der Waals surface area contributed by atoms with Gasteiger partial charge in [-0.3, -0.25) is 19.1 Å². The fraction of sp³-hybridized carbons (Fsp3) is 0.474. The fourth-order valence-corrected chi connectivity index (χ4v) is 4.43. The van der Waals surface area contributed by atoms with Gasteiger partial charge in [-0.1, -0.05) is 23.4 Å². The zero-order chi connectivity index (χ0) is 19.5. The first-order valence-corrected chi connectivity index (χ1v) is 10.7. The quantitative estimate of drug-likeness (QED) is 0.668. The molecule has 2 aromatic rings. The lowest BCUT2D eigenvalue weighted by Crippen LogP contribution is -2.33. The van der Waals surface area contributed by atoms with Crippen molar-refractivity contribution in [3.8, 4) is 11.4 Å². The summed E-state index contributed by atoms with van der Waals surface area (Å²) < 4.78 is 7.79. The van der Waals surface area contributed by atoms with E-state index in [2.05, 4.69) is 10.2 Å². The molecule has 0 unspecified atom stereocenters. The number of nitrogens with zero attached hydrogens (tertiary/aromatic N) is 4. The van der Waals surface area contributed by atoms with Crippen LogP contribution in [0.15, 0.2) is 29.4 Å². The topological polar surface area (TPSA) is 77.3 Å². The van der Waals surface area contributed by atoms with Gasteiger partial charge in [-0.25, -0.2) is 0 Å². The summed E-state index contributed by atoms with van der Waals surface area (Å²) >= 11 is 7.31. The lowest BCUT2D eigenvalue weighted by atomic mass is 10.2. The van der Waals surface area contributed by atoms with Gasteiger partial charge in [0.15, 0.2) is 11.0 Å². The molecule has 28 heavy (non-hydrogen) atoms. The number of likely N-dealkylation sites (tertiary alicyclic amines) is 1. The molecule has 0 spiro atoms. The number of halogens is 1. The van der Waals surface area contributed by atoms with Crippen LogP contribution in [-0.2, 0) is 20.9 Å². The second kappa shape index (κ2) is 8.63. The molecule has 0 saturated carbocycles. The molecule has 1 aromatic heterocycles. The van der Waals surface area contributed by atoms with Gasteiger partial charge >= 0.3 is 0 Å². The van der Waals surface area contributed by atoms with Crippen LogP contribution in [0.5, 0.6) is 0 Å². The van der Waals surface area contributed by atoms with Crippen molar-refractivity contribution in [2.75, 3.05) is 18.9 Å². The van der Waals surface area contributed by atoms with Gasteiger partial charge in [0.05, 0.1) is 18.4 Å². The highest BCUT2D eigenvalue weighted by Crippen LogP contribution is 2.28. The SMILES string of the molecule is O=C1CCCN1C(=O)CSc1nnc(-c2ccc(Cl)cc2)n1C[C@H]1CCCO1. The van der Waals surface area contributed by atoms with Gasteiger partial charge in [0.25, 0.3) is 0 Å². The monoisotopic (exact) mass is 420 g/mol. The Morgan fingerprint density at radius 2 is 2.07 bits per heavy atom. The molecule has 9 heteroatoms. The highest BCUT2D eigenvalue weighted by atomic mass is 35.5. The molecule has 0 radical (unpaired) electrons. The first kappa shape index (κ1) is 19.4. The molecule has 0 bridgehead atoms. The van der Waals surface area contributed by atoms with E-state index in [0.717, 1.165) is 37.3 Å². The van der Waals surface area contributed by atoms with Crippen molar-refractivity contribution in [2.45, 2.75) is 43.5 Å². The summed E-state index contributed by atoms with van der Waals surface area (Å²) in [5.74, 6) is 0.621. The van der Waals surface area contributed by atoms with Gasteiger partial charge in [-0.2, -0.15) is 0 Å². The van der Waals surface area contributed by atoms with Crippen LogP contribution >= 0.6 is 23.4 Å². The lowest BCUT2D eigenvalue weighted by molar-refractivity contribution is -0.140. The fourth-order valence-electron chi connectivity index (χ4n) is 3.48. The Hall–Kier alpha value is -1.90. The van der Waals surface area contributed by atoms with Gasteiger partial charge in [0, 0.05) is 30.2 Å². The van der Waals surface area contributed by atoms with Crippen molar-refractivity contribution < 1.29 is 14.3 Å². The smallest absolute Gasteiger partial charge is 0.239 e. The maximum atomic E-state index is 12.4. The van der Waals surface area contributed by atoms with Crippen LogP contribution in [0.2, 0.25) is 5.02 Å². The van der Waals surface area contributed by atoms with E-state index in [4.69, 9.17) is 16.3 Å². The van der Waals surface area contributed by atoms with Crippen molar-refractivity contribution in [3.05, 3.63) is 29.3 Å². The number of thioether (sulfide) groups is 1. The minimum absolute atomic E-state index is 0.0896. The molecule has 148 valence electrons. The number of imide groups is 1. The van der Waals surface area contributed by atoms with E-state index < -0.39 is 0 Å². The molecule has 1 atom stereocenters. The van der Waals surface area contributed by atoms with Gasteiger partial charge < -0.3 is 4.74 Å². The molecule has 2 amide bonds. The molecular formula is C19H21ClN4O3S. The van der Waals surface area contributed by atoms with Crippen LogP contribution < -0.4 is 0 Å². The predicted octanol–water partition coefficient (Wildman–Crippen LogP) is 3.02. The van der Waals surface area contributed by atoms with E-state index >= 15 is 0 Å². The Morgan fingerprint density at radius 1 is 1.25 bits per heavy atom. The lowest BCUT2D eigenvalue weighted by Gasteiger charge is -2.16. The normalized spacial score (nSPS) is 19.5. The van der Waals surface area contributed by atoms with Crippen LogP contribution in [0, 0.1) is 0 Å². The molecule has 0 aliphatic carbocycles. The van der Waals surface area contributed by atoms with E-state index in [1.165, 1.54) is 16.7 Å². The van der Waals surface area contributed by atoms with Gasteiger partial charge in [0.1, 0.15) is 0 Å². The van der Waals surface area contributed by atoms with Crippen LogP contribution in [-0.4, -0.2) is 56.5 Å². The third kappa shape index (κ3) is 4.24. The number of hydrogen-bond acceptors (Lipinski definition) is 6. The maximum absolute atomic E-state index is 12.4. The third-order valence-corrected chi connectivity index (χ3v) is 6.13. The van der Waals surface area contributed by atoms with E-state index in [-0.39, 0.29) is 23.7 Å². The minimum atomic E-state index is -0.174. The van der Waals surface area contributed by atoms with Crippen molar-refractivity contribution in [1.29, 1.82) is 0 Å². The van der Waals surface area contributed by atoms with Crippen LogP contribution in [0.1, 0.15) is 25.7 Å². The average Bonchev–Trinajstić information content (AvgIpc) is 3.43. The Labute approximate surface area is 172 Å². The molecule has 2 aliphatic heterocycles. The molecule has 0 N–H and O–H groups in total. The molecule has 7 nitrogen and oxygen atoms in total. The number of amides is 2. The Kier molecular flexibility index (Phi) is 5.99. The number of hydrogen-bond donors (Lipinski definition) is 0. The van der Waals surface area contributed by atoms with Crippen LogP contribution in [0.25, 0.3) is 11.4 Å². The number of carbonyl (C=O) groups is 2. The Morgan fingerprint density at radius 3 is 2.75 bits per heavy atom. The average molecular weight is 421 g/mol. The van der Waals surface area contributed by atoms with Crippen molar-refractivity contribution in [3.63, 3.8) is 0 Å². The summed E-state index contributed by atoms with van der Waals surface area (Å²) in [5.41, 5.74) is 0.905. The van der Waals surface area contributed by atoms with Gasteiger partial charge in [0.2, 0.25) is 11.8 Å². The van der Waals surface area contributed by atoms with Crippen LogP contribution in [0.3, 0.4) is 0 Å². The molecule has 3 heterocycles. The van der Waals surface area contributed by atoms with Crippen LogP contribution in [0.4, 0.5) is 0 Å². The summed E-state index contributed by atoms with van der Waals surface area (Å²) in [6, 6.07) is 7.44. The molecule has 1 aromatic carbocycles. The zero-order valence-corrected chi connectivity index (χ0v) is 16.9. The van der Waals surface area contributed by atoms with E-state index in [1.54, 1.807) is 0 Å². The van der Waals surface area contributed by atoms with E-state index in [9.17, 15) is 9.59 Å². The zero-order valence-electron chi connectivity index (χ0n) is 15.3.